The third-order valence-electron chi connectivity index (χ3n) is 5.43. The number of amides is 1. The molecule has 0 aliphatic heterocycles. The average molecular weight is 521 g/mol. The maximum absolute atomic E-state index is 13.6. The van der Waals surface area contributed by atoms with Gasteiger partial charge in [0.05, 0.1) is 24.5 Å². The fourth-order valence-electron chi connectivity index (χ4n) is 3.68. The number of methoxy groups -OCH3 is 1. The molecule has 3 heterocycles. The van der Waals surface area contributed by atoms with Gasteiger partial charge < -0.3 is 20.9 Å². The van der Waals surface area contributed by atoms with Gasteiger partial charge in [-0.2, -0.15) is 18.3 Å². The van der Waals surface area contributed by atoms with Crippen molar-refractivity contribution in [3.8, 4) is 17.1 Å². The first-order valence-electron chi connectivity index (χ1n) is 10.6. The zero-order valence-electron chi connectivity index (χ0n) is 18.8. The number of aliphatic hydroxyl groups excluding tert-OH is 1. The van der Waals surface area contributed by atoms with E-state index in [4.69, 9.17) is 22.1 Å². The van der Waals surface area contributed by atoms with Gasteiger partial charge in [0.2, 0.25) is 5.88 Å². The number of anilines is 1. The maximum Gasteiger partial charge on any atom is 0.418 e. The van der Waals surface area contributed by atoms with Crippen molar-refractivity contribution in [3.63, 3.8) is 0 Å². The van der Waals surface area contributed by atoms with Gasteiger partial charge >= 0.3 is 6.18 Å². The van der Waals surface area contributed by atoms with Crippen LogP contribution in [0.2, 0.25) is 5.02 Å². The number of hydrogen-bond donors (Lipinski definition) is 3. The van der Waals surface area contributed by atoms with Crippen LogP contribution in [0.1, 0.15) is 34.0 Å². The topological polar surface area (TPSA) is 128 Å². The summed E-state index contributed by atoms with van der Waals surface area (Å²) in [5.41, 5.74) is 5.08. The van der Waals surface area contributed by atoms with Crippen molar-refractivity contribution in [2.75, 3.05) is 19.4 Å². The Morgan fingerprint density at radius 2 is 1.97 bits per heavy atom. The quantitative estimate of drug-likeness (QED) is 0.337. The molecule has 3 aromatic heterocycles. The van der Waals surface area contributed by atoms with Crippen molar-refractivity contribution >= 4 is 28.8 Å². The zero-order chi connectivity index (χ0) is 26.0. The minimum atomic E-state index is -4.71. The molecule has 0 bridgehead atoms. The first kappa shape index (κ1) is 25.2. The normalized spacial score (nSPS) is 12.5. The second kappa shape index (κ2) is 9.99. The van der Waals surface area contributed by atoms with Crippen LogP contribution in [0.25, 0.3) is 16.8 Å². The predicted molar refractivity (Wildman–Crippen MR) is 126 cm³/mol. The molecule has 4 N–H and O–H groups in total. The van der Waals surface area contributed by atoms with Crippen LogP contribution in [-0.4, -0.2) is 44.3 Å². The fraction of sp³-hybridized carbons (Fsp3) is 0.217. The van der Waals surface area contributed by atoms with Gasteiger partial charge in [0.1, 0.15) is 17.4 Å². The van der Waals surface area contributed by atoms with E-state index in [1.807, 2.05) is 0 Å². The second-order valence-electron chi connectivity index (χ2n) is 7.74. The summed E-state index contributed by atoms with van der Waals surface area (Å²) in [6, 6.07) is 8.87. The summed E-state index contributed by atoms with van der Waals surface area (Å²) in [5, 5.41) is 17.4. The molecule has 1 amide bonds. The number of pyridine rings is 1. The molecule has 9 nitrogen and oxygen atoms in total. The fourth-order valence-corrected chi connectivity index (χ4v) is 3.80. The molecule has 188 valence electrons. The van der Waals surface area contributed by atoms with E-state index in [1.54, 1.807) is 24.3 Å². The van der Waals surface area contributed by atoms with Crippen molar-refractivity contribution in [1.29, 1.82) is 0 Å². The van der Waals surface area contributed by atoms with E-state index >= 15 is 0 Å². The van der Waals surface area contributed by atoms with Gasteiger partial charge in [-0.25, -0.2) is 14.5 Å². The molecule has 0 fully saturated rings. The first-order chi connectivity index (χ1) is 17.1. The molecule has 0 saturated heterocycles. The number of nitrogens with zero attached hydrogens (tertiary/aromatic N) is 4. The van der Waals surface area contributed by atoms with Crippen LogP contribution in [0.15, 0.2) is 48.9 Å². The summed E-state index contributed by atoms with van der Waals surface area (Å²) in [4.78, 5) is 20.6. The molecule has 0 aliphatic rings. The smallest absolute Gasteiger partial charge is 0.418 e. The van der Waals surface area contributed by atoms with Crippen LogP contribution in [0.3, 0.4) is 0 Å². The van der Waals surface area contributed by atoms with Crippen molar-refractivity contribution in [1.82, 2.24) is 24.9 Å². The van der Waals surface area contributed by atoms with E-state index in [-0.39, 0.29) is 41.5 Å². The van der Waals surface area contributed by atoms with Gasteiger partial charge in [-0.15, -0.1) is 0 Å². The molecule has 4 aromatic rings. The first-order valence-corrected chi connectivity index (χ1v) is 10.9. The number of benzene rings is 1. The molecule has 0 saturated carbocycles. The van der Waals surface area contributed by atoms with Crippen LogP contribution in [0.4, 0.5) is 19.0 Å². The molecule has 0 aliphatic carbocycles. The summed E-state index contributed by atoms with van der Waals surface area (Å²) in [6.45, 7) is 0.103. The van der Waals surface area contributed by atoms with Crippen LogP contribution < -0.4 is 15.8 Å². The number of carbonyl (C=O) groups is 1. The van der Waals surface area contributed by atoms with E-state index < -0.39 is 29.3 Å². The number of carbonyl (C=O) groups excluding carboxylic acids is 1. The molecular formula is C23H20ClF3N6O3. The lowest BCUT2D eigenvalue weighted by atomic mass is 10.1. The molecule has 1 aromatic carbocycles. The Labute approximate surface area is 207 Å². The molecule has 1 atom stereocenters. The zero-order valence-corrected chi connectivity index (χ0v) is 19.5. The van der Waals surface area contributed by atoms with Gasteiger partial charge in [0, 0.05) is 23.3 Å². The Bertz CT molecular complexity index is 1410. The van der Waals surface area contributed by atoms with Gasteiger partial charge in [-0.05, 0) is 36.2 Å². The number of alkyl halides is 3. The summed E-state index contributed by atoms with van der Waals surface area (Å²) >= 11 is 5.85. The number of nitrogens with one attached hydrogen (secondary N) is 1. The SMILES string of the molecule is COc1ncc(-c2cc(C(F)(F)F)c3c(N)ncnn23)cc1C(=O)NCC[C@@H](O)c1ccc(Cl)cc1. The van der Waals surface area contributed by atoms with Crippen LogP contribution in [-0.2, 0) is 6.18 Å². The third-order valence-corrected chi connectivity index (χ3v) is 5.68. The second-order valence-corrected chi connectivity index (χ2v) is 8.18. The minimum Gasteiger partial charge on any atom is -0.480 e. The standard InChI is InChI=1S/C23H20ClF3N6O3/c1-36-22-15(21(35)29-7-6-18(34)12-2-4-14(24)5-3-12)8-13(10-30-22)17-9-16(23(25,26)27)19-20(28)31-11-32-33(17)19/h2-5,8-11,18,34H,6-7H2,1H3,(H,29,35)(H2,28,31,32)/t18-/m1/s1. The van der Waals surface area contributed by atoms with E-state index in [0.29, 0.717) is 10.6 Å². The third kappa shape index (κ3) is 5.04. The number of rotatable bonds is 7. The van der Waals surface area contributed by atoms with Crippen LogP contribution in [0, 0.1) is 0 Å². The average Bonchev–Trinajstić information content (AvgIpc) is 3.25. The lowest BCUT2D eigenvalue weighted by Gasteiger charge is -2.13. The molecule has 36 heavy (non-hydrogen) atoms. The largest absolute Gasteiger partial charge is 0.480 e. The molecule has 0 unspecified atom stereocenters. The lowest BCUT2D eigenvalue weighted by molar-refractivity contribution is -0.136. The Hall–Kier alpha value is -3.90. The van der Waals surface area contributed by atoms with Crippen LogP contribution >= 0.6 is 11.6 Å². The van der Waals surface area contributed by atoms with E-state index in [1.165, 1.54) is 19.4 Å². The Morgan fingerprint density at radius 1 is 1.25 bits per heavy atom. The maximum atomic E-state index is 13.6. The van der Waals surface area contributed by atoms with Crippen molar-refractivity contribution < 1.29 is 27.8 Å². The highest BCUT2D eigenvalue weighted by molar-refractivity contribution is 6.30. The highest BCUT2D eigenvalue weighted by atomic mass is 35.5. The summed E-state index contributed by atoms with van der Waals surface area (Å²) in [6.07, 6.45) is -3.06. The number of fused-ring (bicyclic) bond motifs is 1. The van der Waals surface area contributed by atoms with Gasteiger partial charge in [-0.3, -0.25) is 4.79 Å². The molecule has 0 spiro atoms. The Kier molecular flexibility index (Phi) is 7.00. The number of aliphatic hydroxyl groups is 1. The van der Waals surface area contributed by atoms with Crippen molar-refractivity contribution in [2.24, 2.45) is 0 Å². The number of nitrogen functional groups attached to an aromatic ring is 1. The Balaban J connectivity index is 1.61. The van der Waals surface area contributed by atoms with Crippen molar-refractivity contribution in [2.45, 2.75) is 18.7 Å². The predicted octanol–water partition coefficient (Wildman–Crippen LogP) is 3.91. The van der Waals surface area contributed by atoms with Crippen molar-refractivity contribution in [3.05, 3.63) is 70.6 Å². The van der Waals surface area contributed by atoms with E-state index in [0.717, 1.165) is 16.9 Å². The molecule has 13 heteroatoms. The molecule has 0 radical (unpaired) electrons. The highest BCUT2D eigenvalue weighted by Crippen LogP contribution is 2.39. The summed E-state index contributed by atoms with van der Waals surface area (Å²) in [5.74, 6) is -0.960. The summed E-state index contributed by atoms with van der Waals surface area (Å²) in [7, 11) is 1.31. The van der Waals surface area contributed by atoms with Gasteiger partial charge in [-0.1, -0.05) is 23.7 Å². The number of hydrogen-bond acceptors (Lipinski definition) is 7. The van der Waals surface area contributed by atoms with Crippen LogP contribution in [0.5, 0.6) is 5.88 Å². The number of aromatic nitrogens is 4. The summed E-state index contributed by atoms with van der Waals surface area (Å²) < 4.78 is 47.1. The highest BCUT2D eigenvalue weighted by Gasteiger charge is 2.36. The van der Waals surface area contributed by atoms with E-state index in [2.05, 4.69) is 20.4 Å². The minimum absolute atomic E-state index is 0.00814. The molecular weight excluding hydrogens is 501 g/mol. The lowest BCUT2D eigenvalue weighted by Crippen LogP contribution is -2.26. The van der Waals surface area contributed by atoms with E-state index in [9.17, 15) is 23.1 Å². The number of halogens is 4. The van der Waals surface area contributed by atoms with Gasteiger partial charge in [0.25, 0.3) is 5.91 Å². The number of nitrogens with two attached hydrogens (primary N) is 1. The number of ether oxygens (including phenoxy) is 1. The van der Waals surface area contributed by atoms with Gasteiger partial charge in [0.15, 0.2) is 5.82 Å². The molecule has 4 rings (SSSR count). The Morgan fingerprint density at radius 3 is 2.64 bits per heavy atom. The monoisotopic (exact) mass is 520 g/mol.